The number of nitrogens with zero attached hydrogens (tertiary/aromatic N) is 3. The van der Waals surface area contributed by atoms with Crippen molar-refractivity contribution < 1.29 is 9.90 Å². The van der Waals surface area contributed by atoms with E-state index in [2.05, 4.69) is 33.1 Å². The van der Waals surface area contributed by atoms with Gasteiger partial charge in [-0.15, -0.1) is 0 Å². The number of carbonyl (C=O) groups is 1. The zero-order valence-electron chi connectivity index (χ0n) is 14.9. The minimum absolute atomic E-state index is 0.0904. The molecule has 1 aliphatic heterocycles. The van der Waals surface area contributed by atoms with Crippen molar-refractivity contribution in [3.8, 4) is 11.1 Å². The lowest BCUT2D eigenvalue weighted by atomic mass is 9.97. The van der Waals surface area contributed by atoms with E-state index in [4.69, 9.17) is 5.11 Å². The monoisotopic (exact) mass is 349 g/mol. The predicted octanol–water partition coefficient (Wildman–Crippen LogP) is 3.32. The number of benzene rings is 2. The van der Waals surface area contributed by atoms with Crippen molar-refractivity contribution >= 4 is 23.0 Å². The second kappa shape index (κ2) is 8.54. The molecule has 134 valence electrons. The summed E-state index contributed by atoms with van der Waals surface area (Å²) < 4.78 is 0. The number of piperidine rings is 1. The van der Waals surface area contributed by atoms with Gasteiger partial charge in [-0.1, -0.05) is 42.5 Å². The summed E-state index contributed by atoms with van der Waals surface area (Å²) in [5.41, 5.74) is 3.23. The second-order valence-corrected chi connectivity index (χ2v) is 6.25. The standard InChI is InChI=1S/C20H19N3O.CH4O/c24-13-15-6-5-11-23(12-15)20-19-17(16-7-2-1-3-8-16)9-4-10-18(19)21-14-22-20;1-2/h1-4,7-10,13-15H,5-6,11-12H2;2H,1H3. The van der Waals surface area contributed by atoms with Gasteiger partial charge in [0, 0.05) is 26.1 Å². The molecule has 4 rings (SSSR count). The van der Waals surface area contributed by atoms with E-state index in [0.717, 1.165) is 67.2 Å². The molecular weight excluding hydrogens is 326 g/mol. The third-order valence-corrected chi connectivity index (χ3v) is 4.68. The number of carbonyl (C=O) groups excluding carboxylic acids is 1. The summed E-state index contributed by atoms with van der Waals surface area (Å²) in [5, 5.41) is 8.07. The molecule has 0 radical (unpaired) electrons. The molecular formula is C21H23N3O2. The van der Waals surface area contributed by atoms with E-state index in [9.17, 15) is 4.79 Å². The Hall–Kier alpha value is -2.79. The van der Waals surface area contributed by atoms with Crippen molar-refractivity contribution in [3.63, 3.8) is 0 Å². The van der Waals surface area contributed by atoms with Crippen molar-refractivity contribution in [3.05, 3.63) is 54.9 Å². The summed E-state index contributed by atoms with van der Waals surface area (Å²) in [6.45, 7) is 1.66. The molecule has 0 bridgehead atoms. The van der Waals surface area contributed by atoms with Gasteiger partial charge in [0.2, 0.25) is 0 Å². The molecule has 26 heavy (non-hydrogen) atoms. The normalized spacial score (nSPS) is 16.7. The zero-order chi connectivity index (χ0) is 18.4. The van der Waals surface area contributed by atoms with E-state index in [0.29, 0.717) is 0 Å². The van der Waals surface area contributed by atoms with E-state index in [1.807, 2.05) is 30.3 Å². The van der Waals surface area contributed by atoms with E-state index in [1.54, 1.807) is 6.33 Å². The van der Waals surface area contributed by atoms with Crippen LogP contribution in [-0.2, 0) is 4.79 Å². The van der Waals surface area contributed by atoms with Crippen molar-refractivity contribution in [2.75, 3.05) is 25.1 Å². The van der Waals surface area contributed by atoms with Crippen LogP contribution in [0.15, 0.2) is 54.9 Å². The Morgan fingerprint density at radius 2 is 1.88 bits per heavy atom. The number of hydrogen-bond donors (Lipinski definition) is 1. The topological polar surface area (TPSA) is 66.3 Å². The molecule has 5 heteroatoms. The fourth-order valence-electron chi connectivity index (χ4n) is 3.50. The van der Waals surface area contributed by atoms with Crippen LogP contribution in [0.3, 0.4) is 0 Å². The van der Waals surface area contributed by atoms with Crippen LogP contribution in [0, 0.1) is 5.92 Å². The average Bonchev–Trinajstić information content (AvgIpc) is 2.75. The first-order valence-corrected chi connectivity index (χ1v) is 8.81. The molecule has 0 spiro atoms. The van der Waals surface area contributed by atoms with Gasteiger partial charge < -0.3 is 14.8 Å². The Morgan fingerprint density at radius 3 is 2.65 bits per heavy atom. The largest absolute Gasteiger partial charge is 0.400 e. The van der Waals surface area contributed by atoms with Gasteiger partial charge in [0.25, 0.3) is 0 Å². The zero-order valence-corrected chi connectivity index (χ0v) is 14.9. The third kappa shape index (κ3) is 3.58. The molecule has 1 N–H and O–H groups in total. The summed E-state index contributed by atoms with van der Waals surface area (Å²) in [7, 11) is 1.00. The fraction of sp³-hybridized carbons (Fsp3) is 0.286. The van der Waals surface area contributed by atoms with Crippen molar-refractivity contribution in [2.24, 2.45) is 5.92 Å². The molecule has 0 amide bonds. The molecule has 1 aromatic heterocycles. The lowest BCUT2D eigenvalue weighted by Crippen LogP contribution is -2.36. The SMILES string of the molecule is CO.O=CC1CCCN(c2ncnc3cccc(-c4ccccc4)c23)C1. The van der Waals surface area contributed by atoms with E-state index in [-0.39, 0.29) is 5.92 Å². The molecule has 0 saturated carbocycles. The van der Waals surface area contributed by atoms with Crippen LogP contribution in [0.2, 0.25) is 0 Å². The summed E-state index contributed by atoms with van der Waals surface area (Å²) in [4.78, 5) is 22.5. The highest BCUT2D eigenvalue weighted by Crippen LogP contribution is 2.34. The van der Waals surface area contributed by atoms with Crippen LogP contribution in [0.5, 0.6) is 0 Å². The minimum Gasteiger partial charge on any atom is -0.400 e. The van der Waals surface area contributed by atoms with Gasteiger partial charge in [-0.2, -0.15) is 0 Å². The number of hydrogen-bond acceptors (Lipinski definition) is 5. The Labute approximate surface area is 153 Å². The van der Waals surface area contributed by atoms with Crippen molar-refractivity contribution in [2.45, 2.75) is 12.8 Å². The van der Waals surface area contributed by atoms with Gasteiger partial charge >= 0.3 is 0 Å². The lowest BCUT2D eigenvalue weighted by molar-refractivity contribution is -0.111. The van der Waals surface area contributed by atoms with Gasteiger partial charge in [0.05, 0.1) is 10.9 Å². The quantitative estimate of drug-likeness (QED) is 0.735. The molecule has 1 saturated heterocycles. The molecule has 1 atom stereocenters. The highest BCUT2D eigenvalue weighted by Gasteiger charge is 2.23. The van der Waals surface area contributed by atoms with Crippen LogP contribution in [0.1, 0.15) is 12.8 Å². The minimum atomic E-state index is 0.0904. The summed E-state index contributed by atoms with van der Waals surface area (Å²) in [6.07, 6.45) is 4.68. The first-order valence-electron chi connectivity index (χ1n) is 8.81. The predicted molar refractivity (Wildman–Crippen MR) is 104 cm³/mol. The number of aromatic nitrogens is 2. The summed E-state index contributed by atoms with van der Waals surface area (Å²) >= 11 is 0. The average molecular weight is 349 g/mol. The molecule has 2 aromatic carbocycles. The van der Waals surface area contributed by atoms with E-state index in [1.165, 1.54) is 0 Å². The fourth-order valence-corrected chi connectivity index (χ4v) is 3.50. The third-order valence-electron chi connectivity index (χ3n) is 4.68. The maximum Gasteiger partial charge on any atom is 0.140 e. The Morgan fingerprint density at radius 1 is 1.08 bits per heavy atom. The molecule has 5 nitrogen and oxygen atoms in total. The highest BCUT2D eigenvalue weighted by atomic mass is 16.2. The maximum atomic E-state index is 11.2. The van der Waals surface area contributed by atoms with E-state index < -0.39 is 0 Å². The summed E-state index contributed by atoms with van der Waals surface area (Å²) in [6, 6.07) is 16.5. The first-order chi connectivity index (χ1) is 12.9. The van der Waals surface area contributed by atoms with Crippen LogP contribution in [0.4, 0.5) is 5.82 Å². The van der Waals surface area contributed by atoms with Gasteiger partial charge in [-0.05, 0) is 30.0 Å². The van der Waals surface area contributed by atoms with Gasteiger partial charge in [0.1, 0.15) is 18.4 Å². The Kier molecular flexibility index (Phi) is 5.92. The maximum absolute atomic E-state index is 11.2. The number of anilines is 1. The molecule has 0 aliphatic carbocycles. The second-order valence-electron chi connectivity index (χ2n) is 6.25. The van der Waals surface area contributed by atoms with Gasteiger partial charge in [-0.3, -0.25) is 0 Å². The van der Waals surface area contributed by atoms with Crippen LogP contribution in [-0.4, -0.2) is 41.6 Å². The smallest absolute Gasteiger partial charge is 0.140 e. The van der Waals surface area contributed by atoms with E-state index >= 15 is 0 Å². The summed E-state index contributed by atoms with van der Waals surface area (Å²) in [5.74, 6) is 1.03. The number of aldehydes is 1. The molecule has 1 unspecified atom stereocenters. The lowest BCUT2D eigenvalue weighted by Gasteiger charge is -2.32. The van der Waals surface area contributed by atoms with Crippen LogP contribution < -0.4 is 4.90 Å². The number of aliphatic hydroxyl groups is 1. The Balaban J connectivity index is 0.000000948. The number of rotatable bonds is 3. The first kappa shape index (κ1) is 18.0. The molecule has 3 aromatic rings. The highest BCUT2D eigenvalue weighted by molar-refractivity contribution is 6.02. The molecule has 2 heterocycles. The Bertz CT molecular complexity index is 862. The van der Waals surface area contributed by atoms with Crippen LogP contribution in [0.25, 0.3) is 22.0 Å². The van der Waals surface area contributed by atoms with Crippen LogP contribution >= 0.6 is 0 Å². The number of fused-ring (bicyclic) bond motifs is 1. The van der Waals surface area contributed by atoms with Crippen molar-refractivity contribution in [1.29, 1.82) is 0 Å². The molecule has 1 aliphatic rings. The van der Waals surface area contributed by atoms with Gasteiger partial charge in [-0.25, -0.2) is 9.97 Å². The van der Waals surface area contributed by atoms with Crippen molar-refractivity contribution in [1.82, 2.24) is 9.97 Å². The number of aliphatic hydroxyl groups excluding tert-OH is 1. The van der Waals surface area contributed by atoms with Gasteiger partial charge in [0.15, 0.2) is 0 Å². The molecule has 1 fully saturated rings.